The Morgan fingerprint density at radius 3 is 3.07 bits per heavy atom. The Hall–Kier alpha value is -1.71. The van der Waals surface area contributed by atoms with Crippen molar-refractivity contribution in [3.8, 4) is 0 Å². The average molecular weight is 192 g/mol. The molecular formula is C10H12N2O2. The summed E-state index contributed by atoms with van der Waals surface area (Å²) in [6.07, 6.45) is 0. The zero-order valence-corrected chi connectivity index (χ0v) is 7.95. The lowest BCUT2D eigenvalue weighted by Gasteiger charge is -2.28. The van der Waals surface area contributed by atoms with Crippen molar-refractivity contribution >= 4 is 17.3 Å². The lowest BCUT2D eigenvalue weighted by Crippen LogP contribution is -2.30. The van der Waals surface area contributed by atoms with E-state index in [1.54, 1.807) is 12.1 Å². The number of anilines is 2. The van der Waals surface area contributed by atoms with Crippen LogP contribution in [0.15, 0.2) is 18.2 Å². The van der Waals surface area contributed by atoms with E-state index in [4.69, 9.17) is 5.11 Å². The molecule has 0 aromatic heterocycles. The van der Waals surface area contributed by atoms with Gasteiger partial charge in [-0.1, -0.05) is 0 Å². The zero-order chi connectivity index (χ0) is 10.1. The highest BCUT2D eigenvalue weighted by Crippen LogP contribution is 2.28. The number of likely N-dealkylation sites (N-methyl/N-ethyl adjacent to an activating group) is 1. The first kappa shape index (κ1) is 8.87. The van der Waals surface area contributed by atoms with E-state index < -0.39 is 5.97 Å². The molecule has 1 aromatic carbocycles. The number of nitrogens with zero attached hydrogens (tertiary/aromatic N) is 1. The van der Waals surface area contributed by atoms with Gasteiger partial charge < -0.3 is 15.3 Å². The molecule has 0 unspecified atom stereocenters. The number of rotatable bonds is 1. The quantitative estimate of drug-likeness (QED) is 0.703. The molecule has 1 aliphatic rings. The minimum absolute atomic E-state index is 0.333. The maximum atomic E-state index is 10.8. The predicted octanol–water partition coefficient (Wildman–Crippen LogP) is 1.25. The van der Waals surface area contributed by atoms with Gasteiger partial charge in [-0.25, -0.2) is 4.79 Å². The summed E-state index contributed by atoms with van der Waals surface area (Å²) in [7, 11) is 1.96. The molecule has 0 atom stereocenters. The maximum Gasteiger partial charge on any atom is 0.335 e. The summed E-state index contributed by atoms with van der Waals surface area (Å²) in [5, 5.41) is 12.1. The number of fused-ring (bicyclic) bond motifs is 1. The van der Waals surface area contributed by atoms with E-state index in [1.807, 2.05) is 13.1 Å². The second-order valence-electron chi connectivity index (χ2n) is 3.39. The molecule has 1 heterocycles. The first-order chi connectivity index (χ1) is 6.68. The summed E-state index contributed by atoms with van der Waals surface area (Å²) in [6, 6.07) is 5.13. The van der Waals surface area contributed by atoms with E-state index in [1.165, 1.54) is 0 Å². The lowest BCUT2D eigenvalue weighted by atomic mass is 10.1. The van der Waals surface area contributed by atoms with Gasteiger partial charge in [-0.2, -0.15) is 0 Å². The number of hydrogen-bond acceptors (Lipinski definition) is 3. The molecule has 14 heavy (non-hydrogen) atoms. The summed E-state index contributed by atoms with van der Waals surface area (Å²) in [4.78, 5) is 12.8. The number of carboxylic acid groups (broad SMARTS) is 1. The van der Waals surface area contributed by atoms with Crippen molar-refractivity contribution in [2.75, 3.05) is 30.4 Å². The van der Waals surface area contributed by atoms with Crippen LogP contribution in [-0.4, -0.2) is 31.2 Å². The molecule has 0 amide bonds. The molecule has 0 fully saturated rings. The molecular weight excluding hydrogens is 180 g/mol. The average Bonchev–Trinajstić information content (AvgIpc) is 2.18. The largest absolute Gasteiger partial charge is 0.478 e. The van der Waals surface area contributed by atoms with Gasteiger partial charge in [0.05, 0.1) is 16.9 Å². The highest BCUT2D eigenvalue weighted by molar-refractivity contribution is 5.91. The van der Waals surface area contributed by atoms with Gasteiger partial charge in [0, 0.05) is 20.1 Å². The van der Waals surface area contributed by atoms with E-state index in [0.29, 0.717) is 5.56 Å². The van der Waals surface area contributed by atoms with Crippen molar-refractivity contribution in [3.05, 3.63) is 23.8 Å². The number of aromatic carboxylic acids is 1. The fraction of sp³-hybridized carbons (Fsp3) is 0.300. The van der Waals surface area contributed by atoms with Gasteiger partial charge in [0.15, 0.2) is 0 Å². The number of hydrogen-bond donors (Lipinski definition) is 2. The van der Waals surface area contributed by atoms with E-state index in [9.17, 15) is 4.79 Å². The second-order valence-corrected chi connectivity index (χ2v) is 3.39. The molecule has 0 saturated carbocycles. The number of carboxylic acids is 1. The van der Waals surface area contributed by atoms with Gasteiger partial charge in [0.2, 0.25) is 0 Å². The Labute approximate surface area is 82.2 Å². The molecule has 2 N–H and O–H groups in total. The lowest BCUT2D eigenvalue weighted by molar-refractivity contribution is 0.0697. The minimum atomic E-state index is -0.883. The fourth-order valence-electron chi connectivity index (χ4n) is 1.61. The fourth-order valence-corrected chi connectivity index (χ4v) is 1.61. The van der Waals surface area contributed by atoms with E-state index >= 15 is 0 Å². The van der Waals surface area contributed by atoms with Crippen LogP contribution in [0.25, 0.3) is 0 Å². The zero-order valence-electron chi connectivity index (χ0n) is 7.95. The van der Waals surface area contributed by atoms with Crippen LogP contribution in [0.2, 0.25) is 0 Å². The Morgan fingerprint density at radius 2 is 2.36 bits per heavy atom. The highest BCUT2D eigenvalue weighted by atomic mass is 16.4. The third kappa shape index (κ3) is 1.39. The molecule has 0 spiro atoms. The van der Waals surface area contributed by atoms with Gasteiger partial charge in [0.25, 0.3) is 0 Å². The summed E-state index contributed by atoms with van der Waals surface area (Å²) in [5.41, 5.74) is 2.29. The van der Waals surface area contributed by atoms with Crippen molar-refractivity contribution in [1.29, 1.82) is 0 Å². The Balaban J connectivity index is 2.45. The number of benzene rings is 1. The van der Waals surface area contributed by atoms with Crippen LogP contribution in [0.4, 0.5) is 11.4 Å². The van der Waals surface area contributed by atoms with Crippen molar-refractivity contribution in [2.45, 2.75) is 0 Å². The third-order valence-electron chi connectivity index (χ3n) is 2.42. The molecule has 4 nitrogen and oxygen atoms in total. The van der Waals surface area contributed by atoms with Crippen LogP contribution in [0.5, 0.6) is 0 Å². The van der Waals surface area contributed by atoms with Gasteiger partial charge in [0.1, 0.15) is 0 Å². The minimum Gasteiger partial charge on any atom is -0.478 e. The summed E-state index contributed by atoms with van der Waals surface area (Å²) in [5.74, 6) is -0.883. The SMILES string of the molecule is CN1CCNc2ccc(C(=O)O)cc21. The van der Waals surface area contributed by atoms with Crippen molar-refractivity contribution in [3.63, 3.8) is 0 Å². The van der Waals surface area contributed by atoms with Crippen molar-refractivity contribution in [1.82, 2.24) is 0 Å². The Bertz CT molecular complexity index is 376. The molecule has 0 bridgehead atoms. The Morgan fingerprint density at radius 1 is 1.57 bits per heavy atom. The first-order valence-corrected chi connectivity index (χ1v) is 4.51. The summed E-state index contributed by atoms with van der Waals surface area (Å²) in [6.45, 7) is 1.80. The van der Waals surface area contributed by atoms with E-state index in [2.05, 4.69) is 10.2 Å². The molecule has 1 aliphatic heterocycles. The molecule has 4 heteroatoms. The molecule has 0 aliphatic carbocycles. The van der Waals surface area contributed by atoms with Crippen LogP contribution in [0.1, 0.15) is 10.4 Å². The standard InChI is InChI=1S/C10H12N2O2/c1-12-5-4-11-8-3-2-7(10(13)14)6-9(8)12/h2-3,6,11H,4-5H2,1H3,(H,13,14). The molecule has 2 rings (SSSR count). The van der Waals surface area contributed by atoms with E-state index in [0.717, 1.165) is 24.5 Å². The third-order valence-corrected chi connectivity index (χ3v) is 2.42. The summed E-state index contributed by atoms with van der Waals surface area (Å²) < 4.78 is 0. The van der Waals surface area contributed by atoms with Gasteiger partial charge in [-0.05, 0) is 18.2 Å². The highest BCUT2D eigenvalue weighted by Gasteiger charge is 2.14. The van der Waals surface area contributed by atoms with Gasteiger partial charge in [-0.15, -0.1) is 0 Å². The van der Waals surface area contributed by atoms with Gasteiger partial charge >= 0.3 is 5.97 Å². The molecule has 74 valence electrons. The van der Waals surface area contributed by atoms with Crippen molar-refractivity contribution in [2.24, 2.45) is 0 Å². The van der Waals surface area contributed by atoms with Crippen LogP contribution < -0.4 is 10.2 Å². The topological polar surface area (TPSA) is 52.6 Å². The monoisotopic (exact) mass is 192 g/mol. The smallest absolute Gasteiger partial charge is 0.335 e. The summed E-state index contributed by atoms with van der Waals surface area (Å²) >= 11 is 0. The number of carbonyl (C=O) groups is 1. The molecule has 0 saturated heterocycles. The number of nitrogens with one attached hydrogen (secondary N) is 1. The van der Waals surface area contributed by atoms with Crippen LogP contribution >= 0.6 is 0 Å². The maximum absolute atomic E-state index is 10.8. The Kier molecular flexibility index (Phi) is 2.04. The van der Waals surface area contributed by atoms with Crippen LogP contribution in [0.3, 0.4) is 0 Å². The first-order valence-electron chi connectivity index (χ1n) is 4.51. The molecule has 0 radical (unpaired) electrons. The van der Waals surface area contributed by atoms with Crippen molar-refractivity contribution < 1.29 is 9.90 Å². The van der Waals surface area contributed by atoms with Crippen LogP contribution in [0, 0.1) is 0 Å². The predicted molar refractivity (Wildman–Crippen MR) is 55.2 cm³/mol. The van der Waals surface area contributed by atoms with Crippen LogP contribution in [-0.2, 0) is 0 Å². The molecule has 1 aromatic rings. The van der Waals surface area contributed by atoms with Gasteiger partial charge in [-0.3, -0.25) is 0 Å². The van der Waals surface area contributed by atoms with E-state index in [-0.39, 0.29) is 0 Å². The normalized spacial score (nSPS) is 14.5. The second kappa shape index (κ2) is 3.21.